The van der Waals surface area contributed by atoms with Gasteiger partial charge in [0.1, 0.15) is 6.61 Å². The molecule has 0 spiro atoms. The number of benzene rings is 1. The predicted molar refractivity (Wildman–Crippen MR) is 70.9 cm³/mol. The van der Waals surface area contributed by atoms with Crippen LogP contribution in [0.3, 0.4) is 0 Å². The van der Waals surface area contributed by atoms with Gasteiger partial charge in [0.25, 0.3) is 0 Å². The maximum absolute atomic E-state index is 11.4. The molecule has 0 radical (unpaired) electrons. The molecule has 19 heavy (non-hydrogen) atoms. The molecule has 0 bridgehead atoms. The van der Waals surface area contributed by atoms with Crippen LogP contribution in [0, 0.1) is 5.92 Å². The van der Waals surface area contributed by atoms with Crippen molar-refractivity contribution in [3.63, 3.8) is 0 Å². The Balaban J connectivity index is 2.44. The highest BCUT2D eigenvalue weighted by atomic mass is 16.5. The van der Waals surface area contributed by atoms with Crippen LogP contribution in [0.2, 0.25) is 0 Å². The van der Waals surface area contributed by atoms with Crippen LogP contribution in [-0.4, -0.2) is 25.4 Å². The molecule has 0 aromatic heterocycles. The van der Waals surface area contributed by atoms with Gasteiger partial charge in [0, 0.05) is 6.21 Å². The van der Waals surface area contributed by atoms with Gasteiger partial charge in [0.2, 0.25) is 0 Å². The molecule has 5 nitrogen and oxygen atoms in total. The Morgan fingerprint density at radius 2 is 2.00 bits per heavy atom. The number of carbonyl (C=O) groups is 2. The van der Waals surface area contributed by atoms with E-state index >= 15 is 0 Å². The molecular formula is C14H17NO4. The first kappa shape index (κ1) is 14.9. The summed E-state index contributed by atoms with van der Waals surface area (Å²) < 4.78 is 9.53. The van der Waals surface area contributed by atoms with E-state index in [9.17, 15) is 9.59 Å². The highest BCUT2D eigenvalue weighted by Gasteiger charge is 2.14. The summed E-state index contributed by atoms with van der Waals surface area (Å²) in [6.45, 7) is 1.97. The van der Waals surface area contributed by atoms with E-state index < -0.39 is 18.0 Å². The predicted octanol–water partition coefficient (Wildman–Crippen LogP) is 2.59. The number of hydrogen-bond donors (Lipinski definition) is 0. The normalized spacial score (nSPS) is 12.1. The molecule has 1 aromatic carbocycles. The number of ether oxygens (including phenoxy) is 2. The summed E-state index contributed by atoms with van der Waals surface area (Å²) in [4.78, 5) is 26.2. The van der Waals surface area contributed by atoms with Crippen molar-refractivity contribution in [1.82, 2.24) is 0 Å². The van der Waals surface area contributed by atoms with Crippen molar-refractivity contribution in [3.05, 3.63) is 35.9 Å². The van der Waals surface area contributed by atoms with Crippen molar-refractivity contribution >= 4 is 18.3 Å². The molecule has 0 heterocycles. The molecule has 1 atom stereocenters. The molecule has 0 saturated carbocycles. The number of methoxy groups -OCH3 is 1. The maximum atomic E-state index is 11.4. The molecular weight excluding hydrogens is 246 g/mol. The zero-order valence-corrected chi connectivity index (χ0v) is 11.0. The average Bonchev–Trinajstić information content (AvgIpc) is 2.46. The van der Waals surface area contributed by atoms with Crippen molar-refractivity contribution < 1.29 is 19.1 Å². The van der Waals surface area contributed by atoms with Gasteiger partial charge >= 0.3 is 12.1 Å². The Kier molecular flexibility index (Phi) is 6.29. The lowest BCUT2D eigenvalue weighted by atomic mass is 10.1. The Labute approximate surface area is 112 Å². The van der Waals surface area contributed by atoms with Gasteiger partial charge in [-0.25, -0.2) is 4.79 Å². The highest BCUT2D eigenvalue weighted by molar-refractivity contribution is 5.93. The Hall–Kier alpha value is -2.17. The van der Waals surface area contributed by atoms with E-state index in [0.717, 1.165) is 5.56 Å². The van der Waals surface area contributed by atoms with Crippen LogP contribution in [0.1, 0.15) is 18.9 Å². The highest BCUT2D eigenvalue weighted by Crippen LogP contribution is 2.04. The number of nitrogens with zero attached hydrogens (tertiary/aromatic N) is 1. The number of carbonyl (C=O) groups excluding carboxylic acids is 2. The molecule has 0 aliphatic rings. The standard InChI is InChI=1S/C14H17NO4/c1-3-12(13(16)18-2)9-15-14(17)19-10-11-7-5-4-6-8-11/h4-9,12H,3,10H2,1-2H3. The van der Waals surface area contributed by atoms with Crippen LogP contribution < -0.4 is 0 Å². The van der Waals surface area contributed by atoms with Gasteiger partial charge in [-0.3, -0.25) is 4.79 Å². The number of esters is 1. The zero-order valence-electron chi connectivity index (χ0n) is 11.0. The SMILES string of the molecule is CCC(C=NC(=O)OCc1ccccc1)C(=O)OC. The lowest BCUT2D eigenvalue weighted by Crippen LogP contribution is -2.17. The number of hydrogen-bond acceptors (Lipinski definition) is 4. The van der Waals surface area contributed by atoms with Crippen LogP contribution in [0.5, 0.6) is 0 Å². The molecule has 1 rings (SSSR count). The fraction of sp³-hybridized carbons (Fsp3) is 0.357. The zero-order chi connectivity index (χ0) is 14.1. The van der Waals surface area contributed by atoms with Crippen LogP contribution in [0.15, 0.2) is 35.3 Å². The summed E-state index contributed by atoms with van der Waals surface area (Å²) in [5.74, 6) is -0.934. The van der Waals surface area contributed by atoms with Gasteiger partial charge < -0.3 is 9.47 Å². The number of aliphatic imine (C=N–C) groups is 1. The summed E-state index contributed by atoms with van der Waals surface area (Å²) in [6, 6.07) is 9.29. The lowest BCUT2D eigenvalue weighted by molar-refractivity contribution is -0.142. The summed E-state index contributed by atoms with van der Waals surface area (Å²) in [6.07, 6.45) is 1.06. The molecule has 1 aromatic rings. The van der Waals surface area contributed by atoms with E-state index in [1.54, 1.807) is 0 Å². The summed E-state index contributed by atoms with van der Waals surface area (Å²) in [5, 5.41) is 0. The molecule has 0 saturated heterocycles. The van der Waals surface area contributed by atoms with Crippen molar-refractivity contribution in [2.75, 3.05) is 7.11 Å². The van der Waals surface area contributed by atoms with Crippen molar-refractivity contribution in [3.8, 4) is 0 Å². The topological polar surface area (TPSA) is 65.0 Å². The van der Waals surface area contributed by atoms with Crippen molar-refractivity contribution in [1.29, 1.82) is 0 Å². The van der Waals surface area contributed by atoms with E-state index in [1.165, 1.54) is 13.3 Å². The molecule has 0 aliphatic heterocycles. The summed E-state index contributed by atoms with van der Waals surface area (Å²) in [7, 11) is 1.30. The average molecular weight is 263 g/mol. The summed E-state index contributed by atoms with van der Waals surface area (Å²) >= 11 is 0. The third kappa shape index (κ3) is 5.33. The fourth-order valence-corrected chi connectivity index (χ4v) is 1.39. The molecule has 0 N–H and O–H groups in total. The number of rotatable bonds is 5. The minimum Gasteiger partial charge on any atom is -0.469 e. The molecule has 5 heteroatoms. The van der Waals surface area contributed by atoms with Crippen LogP contribution >= 0.6 is 0 Å². The first-order chi connectivity index (χ1) is 9.17. The lowest BCUT2D eigenvalue weighted by Gasteiger charge is -2.05. The first-order valence-electron chi connectivity index (χ1n) is 6.00. The van der Waals surface area contributed by atoms with E-state index in [4.69, 9.17) is 4.74 Å². The van der Waals surface area contributed by atoms with Crippen molar-refractivity contribution in [2.24, 2.45) is 10.9 Å². The van der Waals surface area contributed by atoms with E-state index in [1.807, 2.05) is 37.3 Å². The Morgan fingerprint density at radius 1 is 1.32 bits per heavy atom. The minimum atomic E-state index is -0.716. The van der Waals surface area contributed by atoms with Gasteiger partial charge in [-0.15, -0.1) is 0 Å². The largest absolute Gasteiger partial charge is 0.469 e. The summed E-state index contributed by atoms with van der Waals surface area (Å²) in [5.41, 5.74) is 0.881. The van der Waals surface area contributed by atoms with Gasteiger partial charge in [-0.1, -0.05) is 37.3 Å². The fourth-order valence-electron chi connectivity index (χ4n) is 1.39. The second-order valence-corrected chi connectivity index (χ2v) is 3.86. The first-order valence-corrected chi connectivity index (χ1v) is 6.00. The second-order valence-electron chi connectivity index (χ2n) is 3.86. The van der Waals surface area contributed by atoms with Crippen LogP contribution in [-0.2, 0) is 20.9 Å². The van der Waals surface area contributed by atoms with Gasteiger partial charge in [-0.05, 0) is 12.0 Å². The third-order valence-electron chi connectivity index (χ3n) is 2.51. The van der Waals surface area contributed by atoms with Gasteiger partial charge in [0.15, 0.2) is 0 Å². The van der Waals surface area contributed by atoms with E-state index in [2.05, 4.69) is 9.73 Å². The second kappa shape index (κ2) is 8.02. The van der Waals surface area contributed by atoms with Gasteiger partial charge in [-0.2, -0.15) is 4.99 Å². The Morgan fingerprint density at radius 3 is 2.58 bits per heavy atom. The van der Waals surface area contributed by atoms with Crippen molar-refractivity contribution in [2.45, 2.75) is 20.0 Å². The third-order valence-corrected chi connectivity index (χ3v) is 2.51. The monoisotopic (exact) mass is 263 g/mol. The van der Waals surface area contributed by atoms with Crippen LogP contribution in [0.25, 0.3) is 0 Å². The molecule has 0 fully saturated rings. The molecule has 102 valence electrons. The van der Waals surface area contributed by atoms with E-state index in [0.29, 0.717) is 6.42 Å². The van der Waals surface area contributed by atoms with E-state index in [-0.39, 0.29) is 6.61 Å². The minimum absolute atomic E-state index is 0.159. The molecule has 1 unspecified atom stereocenters. The molecule has 0 aliphatic carbocycles. The van der Waals surface area contributed by atoms with Crippen LogP contribution in [0.4, 0.5) is 4.79 Å². The maximum Gasteiger partial charge on any atom is 0.433 e. The smallest absolute Gasteiger partial charge is 0.433 e. The molecule has 1 amide bonds. The quantitative estimate of drug-likeness (QED) is 0.605. The van der Waals surface area contributed by atoms with Gasteiger partial charge in [0.05, 0.1) is 13.0 Å². The number of amides is 1. The Bertz CT molecular complexity index is 442.